The Labute approximate surface area is 172 Å². The predicted octanol–water partition coefficient (Wildman–Crippen LogP) is 3.48. The normalized spacial score (nSPS) is 27.6. The Hall–Kier alpha value is -2.37. The Balaban J connectivity index is 2.06. The van der Waals surface area contributed by atoms with Crippen molar-refractivity contribution in [3.05, 3.63) is 27.8 Å². The number of benzene rings is 1. The first-order chi connectivity index (χ1) is 13.7. The van der Waals surface area contributed by atoms with Gasteiger partial charge in [-0.1, -0.05) is 13.8 Å². The molecule has 2 saturated heterocycles. The molecular weight excluding hydrogens is 372 g/mol. The number of hydrogen-bond donors (Lipinski definition) is 0. The Bertz CT molecular complexity index is 824. The number of nitro groups is 1. The van der Waals surface area contributed by atoms with E-state index in [9.17, 15) is 15.4 Å². The van der Waals surface area contributed by atoms with Crippen LogP contribution < -0.4 is 9.80 Å². The van der Waals surface area contributed by atoms with Gasteiger partial charge in [0.1, 0.15) is 17.3 Å². The molecule has 0 saturated carbocycles. The molecule has 2 heterocycles. The Morgan fingerprint density at radius 2 is 1.66 bits per heavy atom. The molecule has 0 spiro atoms. The van der Waals surface area contributed by atoms with Gasteiger partial charge in [0.2, 0.25) is 0 Å². The van der Waals surface area contributed by atoms with E-state index in [1.807, 2.05) is 30.9 Å². The summed E-state index contributed by atoms with van der Waals surface area (Å²) in [6.45, 7) is 11.8. The van der Waals surface area contributed by atoms with Crippen molar-refractivity contribution >= 4 is 17.1 Å². The summed E-state index contributed by atoms with van der Waals surface area (Å²) >= 11 is 0. The number of anilines is 2. The summed E-state index contributed by atoms with van der Waals surface area (Å²) < 4.78 is 11.8. The molecule has 8 nitrogen and oxygen atoms in total. The van der Waals surface area contributed by atoms with E-state index >= 15 is 0 Å². The standard InChI is InChI=1S/C21H30N4O4/c1-5-20(3)14-23(7-9-28-20)17-11-16(13-22)19(25(26)27)18(12-17)24-8-10-29-21(4,6-2)15-24/h11-12H,5-10,14-15H2,1-4H3. The topological polar surface area (TPSA) is 91.9 Å². The van der Waals surface area contributed by atoms with Crippen LogP contribution in [0.2, 0.25) is 0 Å². The number of ether oxygens (including phenoxy) is 2. The van der Waals surface area contributed by atoms with E-state index in [4.69, 9.17) is 9.47 Å². The molecule has 0 N–H and O–H groups in total. The van der Waals surface area contributed by atoms with Gasteiger partial charge in [0.25, 0.3) is 0 Å². The van der Waals surface area contributed by atoms with E-state index in [1.165, 1.54) is 0 Å². The molecule has 2 aliphatic rings. The van der Waals surface area contributed by atoms with E-state index in [-0.39, 0.29) is 22.5 Å². The Kier molecular flexibility index (Phi) is 6.01. The number of nitriles is 1. The van der Waals surface area contributed by atoms with Crippen molar-refractivity contribution in [1.29, 1.82) is 5.26 Å². The molecule has 3 rings (SSSR count). The summed E-state index contributed by atoms with van der Waals surface area (Å²) in [7, 11) is 0. The number of nitrogens with zero attached hydrogens (tertiary/aromatic N) is 4. The van der Waals surface area contributed by atoms with Gasteiger partial charge < -0.3 is 19.3 Å². The average Bonchev–Trinajstić information content (AvgIpc) is 2.72. The summed E-state index contributed by atoms with van der Waals surface area (Å²) in [5, 5.41) is 21.5. The molecule has 158 valence electrons. The molecule has 2 atom stereocenters. The lowest BCUT2D eigenvalue weighted by Crippen LogP contribution is -2.51. The third-order valence-electron chi connectivity index (χ3n) is 6.25. The van der Waals surface area contributed by atoms with Crippen LogP contribution >= 0.6 is 0 Å². The number of rotatable bonds is 5. The van der Waals surface area contributed by atoms with Crippen molar-refractivity contribution in [3.8, 4) is 6.07 Å². The summed E-state index contributed by atoms with van der Waals surface area (Å²) in [4.78, 5) is 15.6. The monoisotopic (exact) mass is 402 g/mol. The highest BCUT2D eigenvalue weighted by Crippen LogP contribution is 2.39. The van der Waals surface area contributed by atoms with Crippen LogP contribution in [0.1, 0.15) is 46.1 Å². The maximum absolute atomic E-state index is 11.9. The van der Waals surface area contributed by atoms with Crippen molar-refractivity contribution in [1.82, 2.24) is 0 Å². The lowest BCUT2D eigenvalue weighted by atomic mass is 9.98. The molecule has 2 fully saturated rings. The minimum atomic E-state index is -0.439. The molecule has 0 bridgehead atoms. The molecule has 2 aliphatic heterocycles. The van der Waals surface area contributed by atoms with Crippen LogP contribution in [0.3, 0.4) is 0 Å². The SMILES string of the molecule is CCC1(C)CN(c2cc(C#N)c([N+](=O)[O-])c(N3CCOC(C)(CC)C3)c2)CCO1. The molecule has 1 aromatic rings. The van der Waals surface area contributed by atoms with Gasteiger partial charge in [-0.15, -0.1) is 0 Å². The summed E-state index contributed by atoms with van der Waals surface area (Å²) in [6.07, 6.45) is 1.67. The molecular formula is C21H30N4O4. The number of hydrogen-bond acceptors (Lipinski definition) is 7. The van der Waals surface area contributed by atoms with E-state index < -0.39 is 4.92 Å². The zero-order chi connectivity index (χ0) is 21.2. The van der Waals surface area contributed by atoms with Crippen LogP contribution in [0.25, 0.3) is 0 Å². The summed E-state index contributed by atoms with van der Waals surface area (Å²) in [6, 6.07) is 5.55. The highest BCUT2D eigenvalue weighted by Gasteiger charge is 2.36. The van der Waals surface area contributed by atoms with Crippen LogP contribution in [-0.4, -0.2) is 55.5 Å². The largest absolute Gasteiger partial charge is 0.372 e. The summed E-state index contributed by atoms with van der Waals surface area (Å²) in [5.41, 5.74) is 0.660. The molecule has 2 unspecified atom stereocenters. The molecule has 1 aromatic carbocycles. The lowest BCUT2D eigenvalue weighted by Gasteiger charge is -2.43. The van der Waals surface area contributed by atoms with Gasteiger partial charge in [0.15, 0.2) is 0 Å². The van der Waals surface area contributed by atoms with Crippen molar-refractivity contribution < 1.29 is 14.4 Å². The summed E-state index contributed by atoms with van der Waals surface area (Å²) in [5.74, 6) is 0. The van der Waals surface area contributed by atoms with Gasteiger partial charge in [-0.3, -0.25) is 10.1 Å². The van der Waals surface area contributed by atoms with E-state index in [0.717, 1.165) is 18.5 Å². The van der Waals surface area contributed by atoms with Crippen molar-refractivity contribution in [2.24, 2.45) is 0 Å². The first kappa shape index (κ1) is 21.3. The predicted molar refractivity (Wildman–Crippen MR) is 112 cm³/mol. The van der Waals surface area contributed by atoms with Crippen LogP contribution in [0, 0.1) is 21.4 Å². The fourth-order valence-electron chi connectivity index (χ4n) is 4.02. The maximum atomic E-state index is 11.9. The van der Waals surface area contributed by atoms with Crippen LogP contribution in [0.15, 0.2) is 12.1 Å². The molecule has 0 aliphatic carbocycles. The first-order valence-corrected chi connectivity index (χ1v) is 10.2. The van der Waals surface area contributed by atoms with Crippen LogP contribution in [-0.2, 0) is 9.47 Å². The average molecular weight is 402 g/mol. The van der Waals surface area contributed by atoms with Gasteiger partial charge in [-0.05, 0) is 38.8 Å². The quantitative estimate of drug-likeness (QED) is 0.550. The zero-order valence-corrected chi connectivity index (χ0v) is 17.7. The molecule has 0 radical (unpaired) electrons. The third-order valence-corrected chi connectivity index (χ3v) is 6.25. The third kappa shape index (κ3) is 4.31. The van der Waals surface area contributed by atoms with Gasteiger partial charge >= 0.3 is 5.69 Å². The Morgan fingerprint density at radius 1 is 1.10 bits per heavy atom. The minimum Gasteiger partial charge on any atom is -0.372 e. The first-order valence-electron chi connectivity index (χ1n) is 10.2. The van der Waals surface area contributed by atoms with Gasteiger partial charge in [-0.25, -0.2) is 0 Å². The van der Waals surface area contributed by atoms with Crippen molar-refractivity contribution in [2.75, 3.05) is 49.2 Å². The van der Waals surface area contributed by atoms with E-state index in [0.29, 0.717) is 45.1 Å². The van der Waals surface area contributed by atoms with Crippen LogP contribution in [0.4, 0.5) is 17.1 Å². The zero-order valence-electron chi connectivity index (χ0n) is 17.7. The Morgan fingerprint density at radius 3 is 2.17 bits per heavy atom. The van der Waals surface area contributed by atoms with Crippen LogP contribution in [0.5, 0.6) is 0 Å². The fourth-order valence-corrected chi connectivity index (χ4v) is 4.02. The number of nitro benzene ring substituents is 1. The smallest absolute Gasteiger partial charge is 0.310 e. The highest BCUT2D eigenvalue weighted by atomic mass is 16.6. The molecule has 0 amide bonds. The van der Waals surface area contributed by atoms with Crippen molar-refractivity contribution in [3.63, 3.8) is 0 Å². The molecule has 0 aromatic heterocycles. The van der Waals surface area contributed by atoms with Gasteiger partial charge in [0, 0.05) is 31.9 Å². The second-order valence-corrected chi connectivity index (χ2v) is 8.38. The lowest BCUT2D eigenvalue weighted by molar-refractivity contribution is -0.384. The second kappa shape index (κ2) is 8.17. The fraction of sp³-hybridized carbons (Fsp3) is 0.667. The van der Waals surface area contributed by atoms with E-state index in [1.54, 1.807) is 6.07 Å². The van der Waals surface area contributed by atoms with E-state index in [2.05, 4.69) is 18.7 Å². The highest BCUT2D eigenvalue weighted by molar-refractivity contribution is 5.76. The van der Waals surface area contributed by atoms with Crippen molar-refractivity contribution in [2.45, 2.75) is 51.7 Å². The maximum Gasteiger partial charge on any atom is 0.310 e. The van der Waals surface area contributed by atoms with Gasteiger partial charge in [-0.2, -0.15) is 5.26 Å². The second-order valence-electron chi connectivity index (χ2n) is 8.38. The molecule has 29 heavy (non-hydrogen) atoms. The number of morpholine rings is 2. The van der Waals surface area contributed by atoms with Gasteiger partial charge in [0.05, 0.1) is 29.3 Å². The molecule has 8 heteroatoms. The minimum absolute atomic E-state index is 0.0943.